The van der Waals surface area contributed by atoms with Crippen LogP contribution in [0.3, 0.4) is 0 Å². The van der Waals surface area contributed by atoms with Crippen LogP contribution in [-0.2, 0) is 5.41 Å². The van der Waals surface area contributed by atoms with E-state index >= 15 is 0 Å². The van der Waals surface area contributed by atoms with Crippen LogP contribution in [0, 0.1) is 0 Å². The van der Waals surface area contributed by atoms with Gasteiger partial charge in [0.2, 0.25) is 0 Å². The molecule has 0 saturated heterocycles. The quantitative estimate of drug-likeness (QED) is 0.889. The third-order valence-corrected chi connectivity index (χ3v) is 3.53. The second-order valence-electron chi connectivity index (χ2n) is 3.95. The average Bonchev–Trinajstić information content (AvgIpc) is 2.97. The van der Waals surface area contributed by atoms with E-state index in [4.69, 9.17) is 33.7 Å². The van der Waals surface area contributed by atoms with Crippen molar-refractivity contribution in [1.29, 1.82) is 0 Å². The predicted molar refractivity (Wildman–Crippen MR) is 63.0 cm³/mol. The van der Waals surface area contributed by atoms with Crippen LogP contribution < -0.4 is 10.5 Å². The first-order valence-electron chi connectivity index (χ1n) is 4.86. The Labute approximate surface area is 99.3 Å². The first-order chi connectivity index (χ1) is 7.13. The van der Waals surface area contributed by atoms with E-state index in [0.717, 1.165) is 18.4 Å². The Morgan fingerprint density at radius 3 is 2.53 bits per heavy atom. The highest BCUT2D eigenvalue weighted by Gasteiger charge is 2.45. The number of hydrogen-bond acceptors (Lipinski definition) is 2. The van der Waals surface area contributed by atoms with Crippen molar-refractivity contribution in [2.45, 2.75) is 18.3 Å². The van der Waals surface area contributed by atoms with E-state index < -0.39 is 0 Å². The Morgan fingerprint density at radius 1 is 1.40 bits per heavy atom. The van der Waals surface area contributed by atoms with Gasteiger partial charge in [0.05, 0.1) is 12.1 Å². The molecule has 0 aliphatic heterocycles. The zero-order valence-electron chi connectivity index (χ0n) is 8.52. The lowest BCUT2D eigenvalue weighted by molar-refractivity contribution is 0.404. The number of benzene rings is 1. The van der Waals surface area contributed by atoms with Gasteiger partial charge in [-0.1, -0.05) is 23.2 Å². The van der Waals surface area contributed by atoms with Crippen molar-refractivity contribution in [3.63, 3.8) is 0 Å². The first kappa shape index (κ1) is 11.1. The molecule has 0 radical (unpaired) electrons. The van der Waals surface area contributed by atoms with Gasteiger partial charge >= 0.3 is 0 Å². The van der Waals surface area contributed by atoms with Crippen molar-refractivity contribution in [3.8, 4) is 5.75 Å². The Bertz CT molecular complexity index is 388. The van der Waals surface area contributed by atoms with Crippen molar-refractivity contribution in [3.05, 3.63) is 27.7 Å². The molecular weight excluding hydrogens is 233 g/mol. The van der Waals surface area contributed by atoms with E-state index in [9.17, 15) is 0 Å². The summed E-state index contributed by atoms with van der Waals surface area (Å²) in [5.41, 5.74) is 6.87. The monoisotopic (exact) mass is 245 g/mol. The lowest BCUT2D eigenvalue weighted by Gasteiger charge is -2.18. The van der Waals surface area contributed by atoms with E-state index in [-0.39, 0.29) is 5.41 Å². The van der Waals surface area contributed by atoms with E-state index in [0.29, 0.717) is 22.3 Å². The van der Waals surface area contributed by atoms with Gasteiger partial charge in [0.25, 0.3) is 0 Å². The van der Waals surface area contributed by atoms with Crippen molar-refractivity contribution < 1.29 is 4.74 Å². The van der Waals surface area contributed by atoms with Crippen LogP contribution in [0.5, 0.6) is 5.75 Å². The standard InChI is InChI=1S/C11H13Cl2NO/c1-15-10-8(11(6-14)2-3-11)4-7(12)5-9(10)13/h4-5H,2-3,6,14H2,1H3. The second-order valence-corrected chi connectivity index (χ2v) is 4.80. The molecule has 2 nitrogen and oxygen atoms in total. The van der Waals surface area contributed by atoms with Crippen molar-refractivity contribution in [2.24, 2.45) is 5.73 Å². The molecule has 0 amide bonds. The molecule has 1 aromatic rings. The minimum atomic E-state index is 0.0416. The topological polar surface area (TPSA) is 35.2 Å². The molecule has 0 aromatic heterocycles. The van der Waals surface area contributed by atoms with E-state index in [2.05, 4.69) is 0 Å². The Hall–Kier alpha value is -0.440. The van der Waals surface area contributed by atoms with Crippen LogP contribution in [0.1, 0.15) is 18.4 Å². The maximum atomic E-state index is 6.08. The summed E-state index contributed by atoms with van der Waals surface area (Å²) in [6, 6.07) is 3.60. The molecule has 1 aliphatic carbocycles. The summed E-state index contributed by atoms with van der Waals surface area (Å²) in [4.78, 5) is 0. The highest BCUT2D eigenvalue weighted by molar-refractivity contribution is 6.35. The summed E-state index contributed by atoms with van der Waals surface area (Å²) in [6.07, 6.45) is 2.16. The van der Waals surface area contributed by atoms with Gasteiger partial charge in [-0.15, -0.1) is 0 Å². The Balaban J connectivity index is 2.54. The molecule has 0 unspecified atom stereocenters. The third-order valence-electron chi connectivity index (χ3n) is 3.03. The van der Waals surface area contributed by atoms with Gasteiger partial charge in [-0.2, -0.15) is 0 Å². The Morgan fingerprint density at radius 2 is 2.07 bits per heavy atom. The molecule has 0 bridgehead atoms. The van der Waals surface area contributed by atoms with Crippen molar-refractivity contribution in [1.82, 2.24) is 0 Å². The molecule has 82 valence electrons. The Kier molecular flexibility index (Phi) is 2.84. The van der Waals surface area contributed by atoms with Crippen LogP contribution in [-0.4, -0.2) is 13.7 Å². The number of methoxy groups -OCH3 is 1. The maximum absolute atomic E-state index is 6.08. The zero-order chi connectivity index (χ0) is 11.1. The highest BCUT2D eigenvalue weighted by atomic mass is 35.5. The predicted octanol–water partition coefficient (Wildman–Crippen LogP) is 2.99. The van der Waals surface area contributed by atoms with Gasteiger partial charge in [0.15, 0.2) is 0 Å². The smallest absolute Gasteiger partial charge is 0.141 e. The molecule has 15 heavy (non-hydrogen) atoms. The first-order valence-corrected chi connectivity index (χ1v) is 5.62. The molecule has 0 heterocycles. The molecule has 1 saturated carbocycles. The van der Waals surface area contributed by atoms with Crippen LogP contribution >= 0.6 is 23.2 Å². The fourth-order valence-corrected chi connectivity index (χ4v) is 2.47. The van der Waals surface area contributed by atoms with E-state index in [1.165, 1.54) is 0 Å². The minimum Gasteiger partial charge on any atom is -0.495 e. The summed E-state index contributed by atoms with van der Waals surface area (Å²) < 4.78 is 5.31. The number of nitrogens with two attached hydrogens (primary N) is 1. The fourth-order valence-electron chi connectivity index (χ4n) is 1.90. The molecular formula is C11H13Cl2NO. The molecule has 1 fully saturated rings. The SMILES string of the molecule is COc1c(Cl)cc(Cl)cc1C1(CN)CC1. The maximum Gasteiger partial charge on any atom is 0.141 e. The number of halogens is 2. The summed E-state index contributed by atoms with van der Waals surface area (Å²) >= 11 is 12.1. The van der Waals surface area contributed by atoms with Gasteiger partial charge in [-0.25, -0.2) is 0 Å². The molecule has 4 heteroatoms. The molecule has 2 N–H and O–H groups in total. The molecule has 0 atom stereocenters. The largest absolute Gasteiger partial charge is 0.495 e. The molecule has 1 aliphatic rings. The molecule has 0 spiro atoms. The third kappa shape index (κ3) is 1.82. The summed E-state index contributed by atoms with van der Waals surface area (Å²) in [5.74, 6) is 0.712. The second kappa shape index (κ2) is 3.85. The van der Waals surface area contributed by atoms with E-state index in [1.54, 1.807) is 13.2 Å². The summed E-state index contributed by atoms with van der Waals surface area (Å²) in [7, 11) is 1.62. The summed E-state index contributed by atoms with van der Waals surface area (Å²) in [6.45, 7) is 0.611. The van der Waals surface area contributed by atoms with Crippen LogP contribution in [0.25, 0.3) is 0 Å². The number of hydrogen-bond donors (Lipinski definition) is 1. The van der Waals surface area contributed by atoms with Gasteiger partial charge in [0.1, 0.15) is 5.75 Å². The van der Waals surface area contributed by atoms with Crippen LogP contribution in [0.4, 0.5) is 0 Å². The lowest BCUT2D eigenvalue weighted by atomic mass is 9.95. The molecule has 2 rings (SSSR count). The average molecular weight is 246 g/mol. The van der Waals surface area contributed by atoms with E-state index in [1.807, 2.05) is 6.07 Å². The van der Waals surface area contributed by atoms with Crippen LogP contribution in [0.15, 0.2) is 12.1 Å². The minimum absolute atomic E-state index is 0.0416. The highest BCUT2D eigenvalue weighted by Crippen LogP contribution is 2.52. The van der Waals surface area contributed by atoms with Gasteiger partial charge in [0, 0.05) is 22.5 Å². The fraction of sp³-hybridized carbons (Fsp3) is 0.455. The van der Waals surface area contributed by atoms with Crippen molar-refractivity contribution >= 4 is 23.2 Å². The number of ether oxygens (including phenoxy) is 1. The van der Waals surface area contributed by atoms with Crippen LogP contribution in [0.2, 0.25) is 10.0 Å². The zero-order valence-corrected chi connectivity index (χ0v) is 10.0. The van der Waals surface area contributed by atoms with Crippen molar-refractivity contribution in [2.75, 3.05) is 13.7 Å². The summed E-state index contributed by atoms with van der Waals surface area (Å²) in [5, 5.41) is 1.19. The number of rotatable bonds is 3. The van der Waals surface area contributed by atoms with Gasteiger partial charge in [-0.05, 0) is 25.0 Å². The van der Waals surface area contributed by atoms with Gasteiger partial charge in [-0.3, -0.25) is 0 Å². The lowest BCUT2D eigenvalue weighted by Crippen LogP contribution is -2.20. The van der Waals surface area contributed by atoms with Gasteiger partial charge < -0.3 is 10.5 Å². The normalized spacial score (nSPS) is 17.6. The molecule has 1 aromatic carbocycles.